The summed E-state index contributed by atoms with van der Waals surface area (Å²) in [5.74, 6) is 0.516. The van der Waals surface area contributed by atoms with Crippen LogP contribution in [0.4, 0.5) is 0 Å². The van der Waals surface area contributed by atoms with Gasteiger partial charge in [0.15, 0.2) is 0 Å². The zero-order valence-corrected chi connectivity index (χ0v) is 16.8. The molecule has 1 heterocycles. The van der Waals surface area contributed by atoms with Crippen molar-refractivity contribution in [2.24, 2.45) is 0 Å². The monoisotopic (exact) mass is 399 g/mol. The van der Waals surface area contributed by atoms with Crippen molar-refractivity contribution in [3.8, 4) is 5.75 Å². The molecule has 1 fully saturated rings. The number of hydrogen-bond acceptors (Lipinski definition) is 6. The minimum Gasteiger partial charge on any atom is -0.496 e. The molecule has 1 N–H and O–H groups in total. The predicted molar refractivity (Wildman–Crippen MR) is 103 cm³/mol. The first-order valence-electron chi connectivity index (χ1n) is 9.04. The zero-order chi connectivity index (χ0) is 19.7. The summed E-state index contributed by atoms with van der Waals surface area (Å²) in [6, 6.07) is 7.45. The summed E-state index contributed by atoms with van der Waals surface area (Å²) >= 11 is 0. The van der Waals surface area contributed by atoms with Gasteiger partial charge in [0.2, 0.25) is 15.9 Å². The Labute approximate surface area is 161 Å². The van der Waals surface area contributed by atoms with E-state index in [1.165, 1.54) is 10.6 Å². The molecule has 0 aromatic heterocycles. The third kappa shape index (κ3) is 7.45. The number of methoxy groups -OCH3 is 1. The third-order valence-corrected chi connectivity index (χ3v) is 5.80. The molecule has 1 aromatic carbocycles. The number of ether oxygens (including phenoxy) is 2. The Morgan fingerprint density at radius 1 is 1.26 bits per heavy atom. The lowest BCUT2D eigenvalue weighted by molar-refractivity contribution is -0.121. The van der Waals surface area contributed by atoms with E-state index in [2.05, 4.69) is 10.2 Å². The molecule has 0 unspecified atom stereocenters. The van der Waals surface area contributed by atoms with Crippen LogP contribution in [0.15, 0.2) is 24.3 Å². The second-order valence-electron chi connectivity index (χ2n) is 6.45. The second kappa shape index (κ2) is 10.6. The van der Waals surface area contributed by atoms with Crippen LogP contribution in [0.5, 0.6) is 5.75 Å². The quantitative estimate of drug-likeness (QED) is 0.609. The van der Waals surface area contributed by atoms with E-state index in [1.54, 1.807) is 7.11 Å². The smallest absolute Gasteiger partial charge is 0.221 e. The number of hydrogen-bond donors (Lipinski definition) is 1. The van der Waals surface area contributed by atoms with Crippen LogP contribution < -0.4 is 10.1 Å². The van der Waals surface area contributed by atoms with Gasteiger partial charge in [0.05, 0.1) is 26.6 Å². The summed E-state index contributed by atoms with van der Waals surface area (Å²) in [6.07, 6.45) is 1.30. The summed E-state index contributed by atoms with van der Waals surface area (Å²) in [6.45, 7) is 4.47. The zero-order valence-electron chi connectivity index (χ0n) is 16.0. The number of morpholine rings is 1. The molecule has 8 nitrogen and oxygen atoms in total. The van der Waals surface area contributed by atoms with Gasteiger partial charge in [-0.15, -0.1) is 0 Å². The maximum Gasteiger partial charge on any atom is 0.221 e. The summed E-state index contributed by atoms with van der Waals surface area (Å²) < 4.78 is 35.9. The molecule has 2 rings (SSSR count). The van der Waals surface area contributed by atoms with Crippen molar-refractivity contribution >= 4 is 15.9 Å². The normalized spacial score (nSPS) is 15.7. The number of nitrogens with one attached hydrogen (secondary N) is 1. The largest absolute Gasteiger partial charge is 0.496 e. The fourth-order valence-corrected chi connectivity index (χ4v) is 3.71. The van der Waals surface area contributed by atoms with Crippen molar-refractivity contribution in [2.75, 3.05) is 59.3 Å². The van der Waals surface area contributed by atoms with E-state index in [9.17, 15) is 13.2 Å². The van der Waals surface area contributed by atoms with Crippen LogP contribution in [0.1, 0.15) is 12.0 Å². The van der Waals surface area contributed by atoms with Crippen LogP contribution >= 0.6 is 0 Å². The van der Waals surface area contributed by atoms with Gasteiger partial charge in [0.25, 0.3) is 0 Å². The van der Waals surface area contributed by atoms with Crippen LogP contribution in [0.3, 0.4) is 0 Å². The number of carbonyl (C=O) groups is 1. The van der Waals surface area contributed by atoms with Crippen molar-refractivity contribution in [3.05, 3.63) is 29.8 Å². The SMILES string of the molecule is COc1ccccc1CNC(=O)CCN(CCN1CCOCC1)S(C)(=O)=O. The first-order valence-corrected chi connectivity index (χ1v) is 10.9. The van der Waals surface area contributed by atoms with Gasteiger partial charge in [-0.25, -0.2) is 12.7 Å². The predicted octanol–water partition coefficient (Wildman–Crippen LogP) is 0.295. The van der Waals surface area contributed by atoms with Crippen molar-refractivity contribution in [2.45, 2.75) is 13.0 Å². The summed E-state index contributed by atoms with van der Waals surface area (Å²) in [5, 5.41) is 2.82. The fraction of sp³-hybridized carbons (Fsp3) is 0.611. The maximum absolute atomic E-state index is 12.2. The highest BCUT2D eigenvalue weighted by Gasteiger charge is 2.20. The first-order chi connectivity index (χ1) is 12.9. The molecule has 0 bridgehead atoms. The molecule has 0 saturated carbocycles. The van der Waals surface area contributed by atoms with E-state index in [4.69, 9.17) is 9.47 Å². The molecular formula is C18H29N3O5S. The molecule has 1 aromatic rings. The Morgan fingerprint density at radius 3 is 2.63 bits per heavy atom. The average molecular weight is 400 g/mol. The van der Waals surface area contributed by atoms with Crippen LogP contribution in [-0.2, 0) is 26.1 Å². The fourth-order valence-electron chi connectivity index (χ4n) is 2.88. The van der Waals surface area contributed by atoms with Gasteiger partial charge in [-0.1, -0.05) is 18.2 Å². The van der Waals surface area contributed by atoms with E-state index in [1.807, 2.05) is 24.3 Å². The second-order valence-corrected chi connectivity index (χ2v) is 8.44. The Morgan fingerprint density at radius 2 is 1.96 bits per heavy atom. The van der Waals surface area contributed by atoms with Crippen LogP contribution in [0, 0.1) is 0 Å². The maximum atomic E-state index is 12.2. The van der Waals surface area contributed by atoms with Crippen molar-refractivity contribution in [3.63, 3.8) is 0 Å². The Hall–Kier alpha value is -1.68. The Bertz CT molecular complexity index is 705. The lowest BCUT2D eigenvalue weighted by Gasteiger charge is -2.29. The molecule has 0 aliphatic carbocycles. The topological polar surface area (TPSA) is 88.2 Å². The molecule has 0 atom stereocenters. The van der Waals surface area contributed by atoms with Crippen LogP contribution in [0.2, 0.25) is 0 Å². The van der Waals surface area contributed by atoms with Crippen LogP contribution in [-0.4, -0.2) is 82.8 Å². The highest BCUT2D eigenvalue weighted by molar-refractivity contribution is 7.88. The average Bonchev–Trinajstić information content (AvgIpc) is 2.66. The number of amides is 1. The van der Waals surface area contributed by atoms with Gasteiger partial charge in [0, 0.05) is 51.3 Å². The summed E-state index contributed by atoms with van der Waals surface area (Å²) in [5.41, 5.74) is 0.876. The van der Waals surface area contributed by atoms with Crippen molar-refractivity contribution in [1.82, 2.24) is 14.5 Å². The molecule has 0 radical (unpaired) electrons. The van der Waals surface area contributed by atoms with E-state index < -0.39 is 10.0 Å². The molecule has 1 aliphatic heterocycles. The number of carbonyl (C=O) groups excluding carboxylic acids is 1. The molecule has 1 saturated heterocycles. The first kappa shape index (κ1) is 21.6. The molecule has 152 valence electrons. The number of nitrogens with zero attached hydrogens (tertiary/aromatic N) is 2. The van der Waals surface area contributed by atoms with E-state index in [0.29, 0.717) is 38.6 Å². The number of benzene rings is 1. The van der Waals surface area contributed by atoms with E-state index >= 15 is 0 Å². The molecule has 1 amide bonds. The highest BCUT2D eigenvalue weighted by atomic mass is 32.2. The lowest BCUT2D eigenvalue weighted by atomic mass is 10.2. The minimum absolute atomic E-state index is 0.116. The molecule has 27 heavy (non-hydrogen) atoms. The molecule has 9 heteroatoms. The van der Waals surface area contributed by atoms with Crippen molar-refractivity contribution < 1.29 is 22.7 Å². The summed E-state index contributed by atoms with van der Waals surface area (Å²) in [4.78, 5) is 14.3. The number of para-hydroxylation sites is 1. The summed E-state index contributed by atoms with van der Waals surface area (Å²) in [7, 11) is -1.78. The number of sulfonamides is 1. The van der Waals surface area contributed by atoms with Gasteiger partial charge in [-0.05, 0) is 6.07 Å². The van der Waals surface area contributed by atoms with Gasteiger partial charge in [-0.3, -0.25) is 9.69 Å². The molecule has 1 aliphatic rings. The standard InChI is InChI=1S/C18H29N3O5S/c1-25-17-6-4-3-5-16(17)15-19-18(22)7-8-21(27(2,23)24)10-9-20-11-13-26-14-12-20/h3-6H,7-15H2,1-2H3,(H,19,22). The number of rotatable bonds is 10. The van der Waals surface area contributed by atoms with E-state index in [0.717, 1.165) is 18.7 Å². The lowest BCUT2D eigenvalue weighted by Crippen LogP contribution is -2.43. The highest BCUT2D eigenvalue weighted by Crippen LogP contribution is 2.16. The third-order valence-electron chi connectivity index (χ3n) is 4.50. The van der Waals surface area contributed by atoms with Crippen molar-refractivity contribution in [1.29, 1.82) is 0 Å². The van der Waals surface area contributed by atoms with Gasteiger partial charge in [-0.2, -0.15) is 0 Å². The molecule has 0 spiro atoms. The van der Waals surface area contributed by atoms with Gasteiger partial charge >= 0.3 is 0 Å². The van der Waals surface area contributed by atoms with Crippen LogP contribution in [0.25, 0.3) is 0 Å². The minimum atomic E-state index is -3.36. The Balaban J connectivity index is 1.80. The van der Waals surface area contributed by atoms with Gasteiger partial charge in [0.1, 0.15) is 5.75 Å². The van der Waals surface area contributed by atoms with Gasteiger partial charge < -0.3 is 14.8 Å². The molecular weight excluding hydrogens is 370 g/mol. The Kier molecular flexibility index (Phi) is 8.49. The van der Waals surface area contributed by atoms with E-state index in [-0.39, 0.29) is 18.9 Å².